The van der Waals surface area contributed by atoms with E-state index in [0.29, 0.717) is 0 Å². The number of furan rings is 1. The minimum Gasteiger partial charge on any atom is -0.455 e. The molecule has 0 N–H and O–H groups in total. The summed E-state index contributed by atoms with van der Waals surface area (Å²) in [5, 5.41) is 6.95. The van der Waals surface area contributed by atoms with Crippen molar-refractivity contribution in [2.24, 2.45) is 0 Å². The molecule has 8 aromatic carbocycles. The van der Waals surface area contributed by atoms with Crippen LogP contribution >= 0.6 is 0 Å². The van der Waals surface area contributed by atoms with Gasteiger partial charge < -0.3 is 13.6 Å². The summed E-state index contributed by atoms with van der Waals surface area (Å²) in [6.07, 6.45) is 0. The average molecular weight is 691 g/mol. The van der Waals surface area contributed by atoms with Crippen LogP contribution in [0, 0.1) is 0 Å². The second-order valence-electron chi connectivity index (χ2n) is 15.3. The van der Waals surface area contributed by atoms with Gasteiger partial charge in [0.15, 0.2) is 0 Å². The van der Waals surface area contributed by atoms with Gasteiger partial charge in [0.25, 0.3) is 0 Å². The molecule has 0 spiro atoms. The van der Waals surface area contributed by atoms with Gasteiger partial charge in [-0.15, -0.1) is 0 Å². The largest absolute Gasteiger partial charge is 0.455 e. The molecule has 54 heavy (non-hydrogen) atoms. The fourth-order valence-electron chi connectivity index (χ4n) is 9.60. The van der Waals surface area contributed by atoms with Crippen molar-refractivity contribution in [3.63, 3.8) is 0 Å². The summed E-state index contributed by atoms with van der Waals surface area (Å²) in [6, 6.07) is 61.9. The van der Waals surface area contributed by atoms with Crippen molar-refractivity contribution in [3.05, 3.63) is 181 Å². The summed E-state index contributed by atoms with van der Waals surface area (Å²) in [6.45, 7) is 4.74. The fraction of sp³-hybridized carbons (Fsp3) is 0.0588. The van der Waals surface area contributed by atoms with Gasteiger partial charge in [-0.25, -0.2) is 0 Å². The molecule has 0 radical (unpaired) electrons. The van der Waals surface area contributed by atoms with Crippen molar-refractivity contribution in [2.75, 3.05) is 0 Å². The van der Waals surface area contributed by atoms with Gasteiger partial charge in [-0.05, 0) is 100 Å². The Balaban J connectivity index is 1.09. The van der Waals surface area contributed by atoms with Crippen molar-refractivity contribution in [1.82, 2.24) is 9.13 Å². The summed E-state index contributed by atoms with van der Waals surface area (Å²) in [7, 11) is 0. The van der Waals surface area contributed by atoms with E-state index in [1.54, 1.807) is 0 Å². The Morgan fingerprint density at radius 2 is 0.907 bits per heavy atom. The molecular weight excluding hydrogens is 657 g/mol. The molecule has 3 nitrogen and oxygen atoms in total. The van der Waals surface area contributed by atoms with Crippen LogP contribution in [-0.4, -0.2) is 9.13 Å². The molecule has 12 rings (SSSR count). The molecule has 3 heterocycles. The second kappa shape index (κ2) is 10.6. The Hall–Kier alpha value is -6.84. The van der Waals surface area contributed by atoms with Crippen molar-refractivity contribution in [1.29, 1.82) is 0 Å². The van der Waals surface area contributed by atoms with Crippen LogP contribution in [0.3, 0.4) is 0 Å². The first-order valence-corrected chi connectivity index (χ1v) is 18.8. The van der Waals surface area contributed by atoms with Crippen LogP contribution < -0.4 is 0 Å². The van der Waals surface area contributed by atoms with Crippen molar-refractivity contribution >= 4 is 65.6 Å². The highest BCUT2D eigenvalue weighted by Gasteiger charge is 2.36. The number of aromatic nitrogens is 2. The van der Waals surface area contributed by atoms with Gasteiger partial charge in [0, 0.05) is 38.3 Å². The summed E-state index contributed by atoms with van der Waals surface area (Å²) < 4.78 is 12.0. The predicted octanol–water partition coefficient (Wildman–Crippen LogP) is 13.8. The Kier molecular flexibility index (Phi) is 5.84. The second-order valence-corrected chi connectivity index (χ2v) is 15.3. The van der Waals surface area contributed by atoms with E-state index in [1.165, 1.54) is 55.2 Å². The lowest BCUT2D eigenvalue weighted by atomic mass is 9.81. The maximum atomic E-state index is 7.16. The van der Waals surface area contributed by atoms with E-state index in [1.807, 2.05) is 0 Å². The molecule has 0 unspecified atom stereocenters. The molecule has 3 heteroatoms. The van der Waals surface area contributed by atoms with Gasteiger partial charge in [0.2, 0.25) is 0 Å². The lowest BCUT2D eigenvalue weighted by Gasteiger charge is -2.23. The van der Waals surface area contributed by atoms with E-state index in [9.17, 15) is 0 Å². The molecule has 254 valence electrons. The number of rotatable bonds is 3. The molecule has 0 saturated carbocycles. The molecular formula is C51H34N2O. The quantitative estimate of drug-likeness (QED) is 0.181. The fourth-order valence-corrected chi connectivity index (χ4v) is 9.60. The van der Waals surface area contributed by atoms with E-state index >= 15 is 0 Å². The van der Waals surface area contributed by atoms with Crippen LogP contribution in [-0.2, 0) is 5.41 Å². The highest BCUT2D eigenvalue weighted by atomic mass is 16.3. The van der Waals surface area contributed by atoms with E-state index in [4.69, 9.17) is 4.42 Å². The standard InChI is InChI=1S/C51H34N2O/c1-51(2)41-29-32(31-13-5-3-6-14-31)21-23-35(41)36-24-22-34(30-42(36)51)53-44-20-12-10-18-40(44)48-46(53)28-26-38-37-25-27-45-47(49(37)54-50(38)48)39-17-9-11-19-43(39)52(45)33-15-7-4-8-16-33/h3-30H,1-2H3. The van der Waals surface area contributed by atoms with E-state index in [-0.39, 0.29) is 5.41 Å². The molecule has 0 saturated heterocycles. The van der Waals surface area contributed by atoms with E-state index in [2.05, 4.69) is 193 Å². The number of nitrogens with zero attached hydrogens (tertiary/aromatic N) is 2. The Morgan fingerprint density at radius 3 is 1.54 bits per heavy atom. The monoisotopic (exact) mass is 690 g/mol. The van der Waals surface area contributed by atoms with Gasteiger partial charge in [0.05, 0.1) is 32.8 Å². The van der Waals surface area contributed by atoms with Crippen LogP contribution in [0.4, 0.5) is 0 Å². The molecule has 11 aromatic rings. The van der Waals surface area contributed by atoms with Gasteiger partial charge in [-0.3, -0.25) is 0 Å². The van der Waals surface area contributed by atoms with Crippen LogP contribution in [0.5, 0.6) is 0 Å². The SMILES string of the molecule is CC1(C)c2cc(-c3ccccc3)ccc2-c2ccc(-n3c4ccccc4c4c5oc6c(ccc7c6c6ccccc6n7-c6ccccc6)c5ccc43)cc21. The first kappa shape index (κ1) is 29.7. The summed E-state index contributed by atoms with van der Waals surface area (Å²) >= 11 is 0. The van der Waals surface area contributed by atoms with Gasteiger partial charge in [-0.2, -0.15) is 0 Å². The Morgan fingerprint density at radius 1 is 0.389 bits per heavy atom. The predicted molar refractivity (Wildman–Crippen MR) is 225 cm³/mol. The number of fused-ring (bicyclic) bond motifs is 14. The molecule has 0 fully saturated rings. The van der Waals surface area contributed by atoms with Gasteiger partial charge in [0.1, 0.15) is 11.2 Å². The van der Waals surface area contributed by atoms with Gasteiger partial charge in [-0.1, -0.05) is 117 Å². The third-order valence-corrected chi connectivity index (χ3v) is 12.1. The molecule has 0 aliphatic heterocycles. The maximum Gasteiger partial charge on any atom is 0.145 e. The maximum absolute atomic E-state index is 7.16. The first-order chi connectivity index (χ1) is 26.6. The van der Waals surface area contributed by atoms with Crippen LogP contribution in [0.25, 0.3) is 99.2 Å². The lowest BCUT2D eigenvalue weighted by molar-refractivity contribution is 0.660. The highest BCUT2D eigenvalue weighted by Crippen LogP contribution is 2.51. The minimum atomic E-state index is -0.152. The minimum absolute atomic E-state index is 0.152. The van der Waals surface area contributed by atoms with Crippen molar-refractivity contribution in [3.8, 4) is 33.6 Å². The molecule has 0 amide bonds. The van der Waals surface area contributed by atoms with Crippen molar-refractivity contribution < 1.29 is 4.42 Å². The summed E-state index contributed by atoms with van der Waals surface area (Å²) in [4.78, 5) is 0. The normalized spacial score (nSPS) is 13.5. The average Bonchev–Trinajstić information content (AvgIpc) is 3.93. The van der Waals surface area contributed by atoms with E-state index < -0.39 is 0 Å². The van der Waals surface area contributed by atoms with Crippen molar-refractivity contribution in [2.45, 2.75) is 19.3 Å². The summed E-state index contributed by atoms with van der Waals surface area (Å²) in [5.74, 6) is 0. The Bertz CT molecular complexity index is 3340. The smallest absolute Gasteiger partial charge is 0.145 e. The molecule has 0 atom stereocenters. The zero-order valence-electron chi connectivity index (χ0n) is 30.0. The summed E-state index contributed by atoms with van der Waals surface area (Å²) in [5.41, 5.74) is 16.5. The Labute approximate surface area is 311 Å². The molecule has 1 aliphatic carbocycles. The topological polar surface area (TPSA) is 23.0 Å². The number of benzene rings is 8. The van der Waals surface area contributed by atoms with E-state index in [0.717, 1.165) is 55.1 Å². The highest BCUT2D eigenvalue weighted by molar-refractivity contribution is 6.29. The molecule has 1 aliphatic rings. The third kappa shape index (κ3) is 3.85. The molecule has 0 bridgehead atoms. The number of hydrogen-bond acceptors (Lipinski definition) is 1. The zero-order chi connectivity index (χ0) is 35.7. The molecule has 3 aromatic heterocycles. The third-order valence-electron chi connectivity index (χ3n) is 12.1. The van der Waals surface area contributed by atoms with Gasteiger partial charge >= 0.3 is 0 Å². The van der Waals surface area contributed by atoms with Crippen LogP contribution in [0.1, 0.15) is 25.0 Å². The number of hydrogen-bond donors (Lipinski definition) is 0. The zero-order valence-corrected chi connectivity index (χ0v) is 30.0. The lowest BCUT2D eigenvalue weighted by Crippen LogP contribution is -2.15. The van der Waals surface area contributed by atoms with Crippen LogP contribution in [0.2, 0.25) is 0 Å². The van der Waals surface area contributed by atoms with Crippen LogP contribution in [0.15, 0.2) is 174 Å². The first-order valence-electron chi connectivity index (χ1n) is 18.8. The number of para-hydroxylation sites is 3.